The Morgan fingerprint density at radius 2 is 1.93 bits per heavy atom. The third kappa shape index (κ3) is 3.68. The van der Waals surface area contributed by atoms with E-state index in [0.717, 1.165) is 23.2 Å². The number of carbonyl (C=O) groups is 1. The molecule has 148 valence electrons. The molecule has 0 N–H and O–H groups in total. The highest BCUT2D eigenvalue weighted by Crippen LogP contribution is 2.43. The molecule has 4 heteroatoms. The Kier molecular flexibility index (Phi) is 5.33. The third-order valence-electron chi connectivity index (χ3n) is 5.98. The molecule has 0 radical (unpaired) electrons. The lowest BCUT2D eigenvalue weighted by Gasteiger charge is -2.45. The average Bonchev–Trinajstić information content (AvgIpc) is 2.64. The van der Waals surface area contributed by atoms with Gasteiger partial charge in [-0.1, -0.05) is 6.92 Å². The number of hydrogen-bond donors (Lipinski definition) is 0. The third-order valence-corrected chi connectivity index (χ3v) is 5.98. The molecule has 3 rings (SSSR count). The van der Waals surface area contributed by atoms with Gasteiger partial charge in [-0.3, -0.25) is 4.99 Å². The summed E-state index contributed by atoms with van der Waals surface area (Å²) < 4.78 is 4.78. The summed E-state index contributed by atoms with van der Waals surface area (Å²) >= 11 is 0. The van der Waals surface area contributed by atoms with Gasteiger partial charge in [-0.25, -0.2) is 4.79 Å². The lowest BCUT2D eigenvalue weighted by atomic mass is 9.79. The van der Waals surface area contributed by atoms with Crippen molar-refractivity contribution in [3.8, 4) is 0 Å². The van der Waals surface area contributed by atoms with Crippen molar-refractivity contribution in [2.75, 3.05) is 19.1 Å². The van der Waals surface area contributed by atoms with Gasteiger partial charge in [-0.15, -0.1) is 0 Å². The smallest absolute Gasteiger partial charge is 0.337 e. The van der Waals surface area contributed by atoms with Crippen molar-refractivity contribution in [2.45, 2.75) is 52.5 Å². The average molecular weight is 379 g/mol. The fourth-order valence-electron chi connectivity index (χ4n) is 4.06. The molecule has 1 aliphatic heterocycles. The fraction of sp³-hybridized carbons (Fsp3) is 0.417. The van der Waals surface area contributed by atoms with Crippen molar-refractivity contribution in [3.05, 3.63) is 58.1 Å². The lowest BCUT2D eigenvalue weighted by molar-refractivity contribution is 0.0600. The highest BCUT2D eigenvalue weighted by atomic mass is 16.5. The molecule has 0 fully saturated rings. The normalized spacial score (nSPS) is 18.2. The second-order valence-electron chi connectivity index (χ2n) is 8.50. The van der Waals surface area contributed by atoms with Gasteiger partial charge in [0.25, 0.3) is 0 Å². The van der Waals surface area contributed by atoms with E-state index in [-0.39, 0.29) is 11.5 Å². The Morgan fingerprint density at radius 3 is 2.57 bits per heavy atom. The van der Waals surface area contributed by atoms with E-state index in [4.69, 9.17) is 9.73 Å². The number of aryl methyl sites for hydroxylation is 2. The molecule has 0 spiro atoms. The lowest BCUT2D eigenvalue weighted by Crippen LogP contribution is -2.45. The number of esters is 1. The van der Waals surface area contributed by atoms with E-state index < -0.39 is 0 Å². The number of fused-ring (bicyclic) bond motifs is 1. The molecular formula is C24H30N2O2. The van der Waals surface area contributed by atoms with Gasteiger partial charge in [0, 0.05) is 24.5 Å². The van der Waals surface area contributed by atoms with Crippen LogP contribution in [0, 0.1) is 13.8 Å². The van der Waals surface area contributed by atoms with Crippen LogP contribution in [0.3, 0.4) is 0 Å². The van der Waals surface area contributed by atoms with Gasteiger partial charge in [0.2, 0.25) is 0 Å². The van der Waals surface area contributed by atoms with E-state index >= 15 is 0 Å². The van der Waals surface area contributed by atoms with Crippen molar-refractivity contribution in [2.24, 2.45) is 4.99 Å². The summed E-state index contributed by atoms with van der Waals surface area (Å²) in [6, 6.07) is 10.00. The first-order valence-electron chi connectivity index (χ1n) is 9.75. The molecule has 0 aromatic heterocycles. The maximum Gasteiger partial charge on any atom is 0.337 e. The summed E-state index contributed by atoms with van der Waals surface area (Å²) in [5.41, 5.74) is 7.55. The molecule has 0 bridgehead atoms. The Bertz CT molecular complexity index is 944. The van der Waals surface area contributed by atoms with Crippen LogP contribution < -0.4 is 4.90 Å². The Labute approximate surface area is 168 Å². The van der Waals surface area contributed by atoms with Gasteiger partial charge in [0.15, 0.2) is 0 Å². The number of hydrogen-bond acceptors (Lipinski definition) is 4. The zero-order valence-corrected chi connectivity index (χ0v) is 18.0. The molecule has 28 heavy (non-hydrogen) atoms. The monoisotopic (exact) mass is 378 g/mol. The Hall–Kier alpha value is -2.62. The zero-order valence-electron chi connectivity index (χ0n) is 18.0. The van der Waals surface area contributed by atoms with Crippen LogP contribution in [0.2, 0.25) is 0 Å². The number of aliphatic imine (C=N–C) groups is 1. The molecule has 0 aliphatic carbocycles. The van der Waals surface area contributed by atoms with Gasteiger partial charge >= 0.3 is 5.97 Å². The van der Waals surface area contributed by atoms with Crippen molar-refractivity contribution in [1.82, 2.24) is 0 Å². The molecule has 1 aliphatic rings. The predicted octanol–water partition coefficient (Wildman–Crippen LogP) is 5.56. The van der Waals surface area contributed by atoms with Crippen molar-refractivity contribution in [1.29, 1.82) is 0 Å². The quantitative estimate of drug-likeness (QED) is 0.518. The van der Waals surface area contributed by atoms with E-state index in [0.29, 0.717) is 11.5 Å². The summed E-state index contributed by atoms with van der Waals surface area (Å²) in [5.74, 6) is 0.181. The van der Waals surface area contributed by atoms with Crippen LogP contribution >= 0.6 is 0 Å². The van der Waals surface area contributed by atoms with Crippen LogP contribution in [0.25, 0.3) is 0 Å². The highest BCUT2D eigenvalue weighted by Gasteiger charge is 2.34. The van der Waals surface area contributed by atoms with Crippen LogP contribution in [-0.2, 0) is 4.74 Å². The number of benzene rings is 2. The Morgan fingerprint density at radius 1 is 1.21 bits per heavy atom. The largest absolute Gasteiger partial charge is 0.465 e. The molecule has 1 unspecified atom stereocenters. The SMILES string of the molecule is COC(=O)c1ccc(N=Cc2cc3c(cc2C)N(C)C(C)(C)CC3C)c(C)c1. The van der Waals surface area contributed by atoms with Crippen molar-refractivity contribution in [3.63, 3.8) is 0 Å². The number of nitrogens with zero attached hydrogens (tertiary/aromatic N) is 2. The van der Waals surface area contributed by atoms with Crippen LogP contribution in [0.15, 0.2) is 35.3 Å². The molecule has 2 aromatic carbocycles. The zero-order chi connectivity index (χ0) is 20.6. The van der Waals surface area contributed by atoms with Crippen molar-refractivity contribution < 1.29 is 9.53 Å². The number of carbonyl (C=O) groups excluding carboxylic acids is 1. The van der Waals surface area contributed by atoms with Gasteiger partial charge in [0.1, 0.15) is 0 Å². The summed E-state index contributed by atoms with van der Waals surface area (Å²) in [4.78, 5) is 18.8. The number of ether oxygens (including phenoxy) is 1. The summed E-state index contributed by atoms with van der Waals surface area (Å²) in [6.07, 6.45) is 3.06. The van der Waals surface area contributed by atoms with E-state index in [9.17, 15) is 4.79 Å². The molecular weight excluding hydrogens is 348 g/mol. The maximum atomic E-state index is 11.7. The van der Waals surface area contributed by atoms with E-state index in [1.165, 1.54) is 23.9 Å². The van der Waals surface area contributed by atoms with Crippen molar-refractivity contribution >= 4 is 23.6 Å². The van der Waals surface area contributed by atoms with Gasteiger partial charge in [-0.2, -0.15) is 0 Å². The van der Waals surface area contributed by atoms with Crippen LogP contribution in [-0.4, -0.2) is 31.9 Å². The molecule has 2 aromatic rings. The van der Waals surface area contributed by atoms with Crippen LogP contribution in [0.5, 0.6) is 0 Å². The molecule has 1 heterocycles. The minimum atomic E-state index is -0.329. The molecule has 0 saturated carbocycles. The number of methoxy groups -OCH3 is 1. The first-order valence-corrected chi connectivity index (χ1v) is 9.75. The summed E-state index contributed by atoms with van der Waals surface area (Å²) in [5, 5.41) is 0. The first kappa shape index (κ1) is 20.1. The summed E-state index contributed by atoms with van der Waals surface area (Å²) in [6.45, 7) is 11.0. The van der Waals surface area contributed by atoms with E-state index in [2.05, 4.69) is 51.8 Å². The topological polar surface area (TPSA) is 41.9 Å². The fourth-order valence-corrected chi connectivity index (χ4v) is 4.06. The van der Waals surface area contributed by atoms with Crippen LogP contribution in [0.4, 0.5) is 11.4 Å². The molecule has 4 nitrogen and oxygen atoms in total. The van der Waals surface area contributed by atoms with Gasteiger partial charge in [0.05, 0.1) is 18.4 Å². The Balaban J connectivity index is 1.94. The molecule has 1 atom stereocenters. The predicted molar refractivity (Wildman–Crippen MR) is 116 cm³/mol. The molecule has 0 amide bonds. The van der Waals surface area contributed by atoms with E-state index in [1.54, 1.807) is 6.07 Å². The summed E-state index contributed by atoms with van der Waals surface area (Å²) in [7, 11) is 3.58. The second-order valence-corrected chi connectivity index (χ2v) is 8.50. The second kappa shape index (κ2) is 7.42. The molecule has 0 saturated heterocycles. The number of anilines is 1. The maximum absolute atomic E-state index is 11.7. The van der Waals surface area contributed by atoms with E-state index in [1.807, 2.05) is 25.3 Å². The number of rotatable bonds is 3. The van der Waals surface area contributed by atoms with Crippen LogP contribution in [0.1, 0.15) is 65.7 Å². The first-order chi connectivity index (χ1) is 13.1. The minimum Gasteiger partial charge on any atom is -0.465 e. The van der Waals surface area contributed by atoms with Gasteiger partial charge in [-0.05, 0) is 92.6 Å². The standard InChI is InChI=1S/C24H30N2O2/c1-15-11-22-20(17(3)13-24(4,5)26(22)6)12-19(15)14-25-21-9-8-18(10-16(21)2)23(27)28-7/h8-12,14,17H,13H2,1-7H3. The van der Waals surface area contributed by atoms with Gasteiger partial charge < -0.3 is 9.64 Å². The minimum absolute atomic E-state index is 0.160. The highest BCUT2D eigenvalue weighted by molar-refractivity contribution is 5.91.